The lowest BCUT2D eigenvalue weighted by atomic mass is 9.98. The standard InChI is InChI=1S/C35H40N4O6/c1-9-22-20(5)34(42)38-28(22)15-26-18(3)24(11-13-32(40)44-7)30(36-26)17-31-25(12-14-33(41)45-8)19(4)27(37-31)16-29-23(10-2)21(6)35(43)39-29/h9-10,15-16,36-37H,1-2,11-14,17H2,3-8H3,(H,38,42)(H,39,43)/b28-15-,29-16-. The van der Waals surface area contributed by atoms with E-state index in [1.165, 1.54) is 14.2 Å². The van der Waals surface area contributed by atoms with Crippen molar-refractivity contribution in [1.82, 2.24) is 20.6 Å². The fourth-order valence-corrected chi connectivity index (χ4v) is 5.80. The molecule has 45 heavy (non-hydrogen) atoms. The van der Waals surface area contributed by atoms with Gasteiger partial charge in [-0.25, -0.2) is 0 Å². The van der Waals surface area contributed by atoms with Crippen LogP contribution < -0.4 is 10.6 Å². The van der Waals surface area contributed by atoms with Crippen molar-refractivity contribution in [2.75, 3.05) is 14.2 Å². The molecule has 236 valence electrons. The van der Waals surface area contributed by atoms with Crippen molar-refractivity contribution in [3.05, 3.63) is 104 Å². The molecule has 0 bridgehead atoms. The highest BCUT2D eigenvalue weighted by Gasteiger charge is 2.25. The lowest BCUT2D eigenvalue weighted by molar-refractivity contribution is -0.141. The smallest absolute Gasteiger partial charge is 0.305 e. The Balaban J connectivity index is 1.81. The molecule has 4 heterocycles. The normalized spacial score (nSPS) is 16.5. The van der Waals surface area contributed by atoms with E-state index < -0.39 is 0 Å². The van der Waals surface area contributed by atoms with Gasteiger partial charge in [0.25, 0.3) is 11.8 Å². The maximum atomic E-state index is 12.4. The van der Waals surface area contributed by atoms with Crippen LogP contribution in [0, 0.1) is 13.8 Å². The maximum Gasteiger partial charge on any atom is 0.305 e. The van der Waals surface area contributed by atoms with Crippen molar-refractivity contribution in [2.45, 2.75) is 59.8 Å². The maximum absolute atomic E-state index is 12.4. The zero-order valence-corrected chi connectivity index (χ0v) is 26.7. The topological polar surface area (TPSA) is 142 Å². The first kappa shape index (κ1) is 32.8. The van der Waals surface area contributed by atoms with Crippen molar-refractivity contribution in [2.24, 2.45) is 0 Å². The van der Waals surface area contributed by atoms with Crippen molar-refractivity contribution in [3.63, 3.8) is 0 Å². The van der Waals surface area contributed by atoms with E-state index in [1.807, 2.05) is 26.0 Å². The summed E-state index contributed by atoms with van der Waals surface area (Å²) in [6.07, 6.45) is 8.78. The number of hydrogen-bond donors (Lipinski definition) is 4. The fraction of sp³-hybridized carbons (Fsp3) is 0.314. The summed E-state index contributed by atoms with van der Waals surface area (Å²) in [6, 6.07) is 0. The van der Waals surface area contributed by atoms with Crippen molar-refractivity contribution < 1.29 is 28.7 Å². The molecule has 10 nitrogen and oxygen atoms in total. The number of methoxy groups -OCH3 is 2. The summed E-state index contributed by atoms with van der Waals surface area (Å²) < 4.78 is 9.83. The van der Waals surface area contributed by atoms with Gasteiger partial charge in [0.15, 0.2) is 0 Å². The van der Waals surface area contributed by atoms with E-state index in [1.54, 1.807) is 26.0 Å². The van der Waals surface area contributed by atoms with Crippen LogP contribution in [0.3, 0.4) is 0 Å². The third-order valence-electron chi connectivity index (χ3n) is 8.53. The van der Waals surface area contributed by atoms with E-state index in [4.69, 9.17) is 9.47 Å². The van der Waals surface area contributed by atoms with Gasteiger partial charge < -0.3 is 30.1 Å². The van der Waals surface area contributed by atoms with E-state index in [-0.39, 0.29) is 36.6 Å². The summed E-state index contributed by atoms with van der Waals surface area (Å²) in [5, 5.41) is 5.81. The molecule has 0 aromatic carbocycles. The molecule has 2 aliphatic heterocycles. The Morgan fingerprint density at radius 3 is 1.40 bits per heavy atom. The molecule has 0 saturated carbocycles. The first-order valence-electron chi connectivity index (χ1n) is 14.7. The minimum atomic E-state index is -0.319. The van der Waals surface area contributed by atoms with Gasteiger partial charge >= 0.3 is 11.9 Å². The zero-order valence-electron chi connectivity index (χ0n) is 26.7. The minimum Gasteiger partial charge on any atom is -0.469 e. The number of H-pyrrole nitrogens is 2. The summed E-state index contributed by atoms with van der Waals surface area (Å²) >= 11 is 0. The van der Waals surface area contributed by atoms with Crippen LogP contribution in [0.2, 0.25) is 0 Å². The molecule has 0 saturated heterocycles. The van der Waals surface area contributed by atoms with Gasteiger partial charge in [-0.05, 0) is 74.9 Å². The zero-order chi connectivity index (χ0) is 33.0. The van der Waals surface area contributed by atoms with Gasteiger partial charge in [0.1, 0.15) is 0 Å². The molecule has 0 atom stereocenters. The van der Waals surface area contributed by atoms with Crippen LogP contribution in [-0.2, 0) is 47.9 Å². The Morgan fingerprint density at radius 1 is 0.689 bits per heavy atom. The molecule has 0 spiro atoms. The Morgan fingerprint density at radius 2 is 1.07 bits per heavy atom. The second-order valence-electron chi connectivity index (χ2n) is 11.1. The lowest BCUT2D eigenvalue weighted by Gasteiger charge is -2.08. The number of ether oxygens (including phenoxy) is 2. The summed E-state index contributed by atoms with van der Waals surface area (Å²) in [7, 11) is 2.73. The SMILES string of the molecule is C=CC1=C(C)C(=O)N/C1=C\c1[nH]c(Cc2[nH]c(/C=C3\NC(=O)C(C)=C3C=C)c(C)c2CCC(=O)OC)c(CCC(=O)OC)c1C. The summed E-state index contributed by atoms with van der Waals surface area (Å²) in [4.78, 5) is 56.1. The first-order valence-corrected chi connectivity index (χ1v) is 14.7. The van der Waals surface area contributed by atoms with Crippen LogP contribution in [0.1, 0.15) is 71.7 Å². The third kappa shape index (κ3) is 6.69. The fourth-order valence-electron chi connectivity index (χ4n) is 5.80. The molecule has 0 fully saturated rings. The van der Waals surface area contributed by atoms with Gasteiger partial charge in [-0.1, -0.05) is 25.3 Å². The molecule has 2 aliphatic rings. The second-order valence-corrected chi connectivity index (χ2v) is 11.1. The van der Waals surface area contributed by atoms with Crippen LogP contribution >= 0.6 is 0 Å². The van der Waals surface area contributed by atoms with Crippen LogP contribution in [0.5, 0.6) is 0 Å². The van der Waals surface area contributed by atoms with Gasteiger partial charge in [0.05, 0.1) is 25.6 Å². The Kier molecular flexibility index (Phi) is 9.96. The molecule has 0 aliphatic carbocycles. The average Bonchev–Trinajstić information content (AvgIpc) is 3.67. The van der Waals surface area contributed by atoms with Gasteiger partial charge in [-0.3, -0.25) is 19.2 Å². The number of amides is 2. The van der Waals surface area contributed by atoms with Crippen molar-refractivity contribution >= 4 is 35.9 Å². The van der Waals surface area contributed by atoms with E-state index in [2.05, 4.69) is 33.8 Å². The van der Waals surface area contributed by atoms with Gasteiger partial charge in [-0.2, -0.15) is 0 Å². The number of hydrogen-bond acceptors (Lipinski definition) is 6. The van der Waals surface area contributed by atoms with Crippen LogP contribution in [0.4, 0.5) is 0 Å². The second kappa shape index (κ2) is 13.7. The van der Waals surface area contributed by atoms with E-state index in [0.29, 0.717) is 41.8 Å². The van der Waals surface area contributed by atoms with Gasteiger partial charge in [0.2, 0.25) is 0 Å². The Bertz CT molecular complexity index is 1610. The van der Waals surface area contributed by atoms with Crippen LogP contribution in [0.15, 0.2) is 59.0 Å². The average molecular weight is 613 g/mol. The third-order valence-corrected chi connectivity index (χ3v) is 8.53. The number of aromatic amines is 2. The molecular weight excluding hydrogens is 572 g/mol. The van der Waals surface area contributed by atoms with E-state index in [9.17, 15) is 19.2 Å². The van der Waals surface area contributed by atoms with Crippen LogP contribution in [-0.4, -0.2) is 47.9 Å². The Hall–Kier alpha value is -5.12. The first-order chi connectivity index (χ1) is 21.4. The number of carbonyl (C=O) groups is 4. The lowest BCUT2D eigenvalue weighted by Crippen LogP contribution is -2.15. The van der Waals surface area contributed by atoms with Crippen molar-refractivity contribution in [1.29, 1.82) is 0 Å². The van der Waals surface area contributed by atoms with Crippen LogP contribution in [0.25, 0.3) is 12.2 Å². The Labute approximate surface area is 263 Å². The highest BCUT2D eigenvalue weighted by atomic mass is 16.5. The molecule has 0 radical (unpaired) electrons. The number of allylic oxidation sites excluding steroid dienone is 2. The van der Waals surface area contributed by atoms with Gasteiger partial charge in [0, 0.05) is 64.3 Å². The summed E-state index contributed by atoms with van der Waals surface area (Å²) in [5.41, 5.74) is 11.1. The van der Waals surface area contributed by atoms with Gasteiger partial charge in [-0.15, -0.1) is 0 Å². The molecule has 4 rings (SSSR count). The quantitative estimate of drug-likeness (QED) is 0.256. The number of aromatic nitrogens is 2. The molecule has 2 aromatic rings. The predicted octanol–water partition coefficient (Wildman–Crippen LogP) is 4.71. The van der Waals surface area contributed by atoms with Crippen molar-refractivity contribution in [3.8, 4) is 0 Å². The molecular formula is C35H40N4O6. The number of rotatable bonds is 12. The summed E-state index contributed by atoms with van der Waals surface area (Å²) in [5.74, 6) is -0.984. The molecule has 0 unspecified atom stereocenters. The number of carbonyl (C=O) groups excluding carboxylic acids is 4. The predicted molar refractivity (Wildman–Crippen MR) is 173 cm³/mol. The largest absolute Gasteiger partial charge is 0.469 e. The minimum absolute atomic E-state index is 0.173. The number of nitrogens with one attached hydrogen (secondary N) is 4. The molecule has 2 amide bonds. The highest BCUT2D eigenvalue weighted by molar-refractivity contribution is 6.02. The molecule has 10 heteroatoms. The van der Waals surface area contributed by atoms with E-state index >= 15 is 0 Å². The monoisotopic (exact) mass is 612 g/mol. The summed E-state index contributed by atoms with van der Waals surface area (Å²) in [6.45, 7) is 15.2. The van der Waals surface area contributed by atoms with E-state index in [0.717, 1.165) is 56.2 Å². The molecule has 2 aromatic heterocycles. The number of esters is 2. The molecule has 4 N–H and O–H groups in total. The highest BCUT2D eigenvalue weighted by Crippen LogP contribution is 2.31.